The van der Waals surface area contributed by atoms with E-state index in [-0.39, 0.29) is 6.03 Å². The van der Waals surface area contributed by atoms with Gasteiger partial charge >= 0.3 is 6.03 Å². The molecule has 2 amide bonds. The van der Waals surface area contributed by atoms with Crippen molar-refractivity contribution in [2.75, 3.05) is 33.3 Å². The highest BCUT2D eigenvalue weighted by Gasteiger charge is 2.20. The van der Waals surface area contributed by atoms with E-state index in [0.717, 1.165) is 50.2 Å². The molecule has 1 saturated heterocycles. The average molecular weight is 333 g/mol. The lowest BCUT2D eigenvalue weighted by Gasteiger charge is -2.33. The third-order valence-corrected chi connectivity index (χ3v) is 4.38. The largest absolute Gasteiger partial charge is 0.497 e. The highest BCUT2D eigenvalue weighted by molar-refractivity contribution is 5.74. The van der Waals surface area contributed by atoms with E-state index in [2.05, 4.69) is 29.4 Å². The van der Waals surface area contributed by atoms with Gasteiger partial charge in [-0.1, -0.05) is 26.0 Å². The van der Waals surface area contributed by atoms with Crippen LogP contribution in [0.25, 0.3) is 0 Å². The maximum Gasteiger partial charge on any atom is 0.315 e. The van der Waals surface area contributed by atoms with Crippen LogP contribution in [0.5, 0.6) is 5.75 Å². The first kappa shape index (κ1) is 18.6. The van der Waals surface area contributed by atoms with Crippen LogP contribution in [0.4, 0.5) is 4.79 Å². The molecule has 0 aromatic heterocycles. The van der Waals surface area contributed by atoms with E-state index >= 15 is 0 Å². The molecule has 0 unspecified atom stereocenters. The molecule has 134 valence electrons. The topological polar surface area (TPSA) is 53.6 Å². The van der Waals surface area contributed by atoms with Crippen molar-refractivity contribution in [3.05, 3.63) is 29.8 Å². The number of nitrogens with zero attached hydrogens (tertiary/aromatic N) is 1. The normalized spacial score (nSPS) is 16.2. The summed E-state index contributed by atoms with van der Waals surface area (Å²) >= 11 is 0. The Bertz CT molecular complexity index is 511. The molecule has 1 aromatic rings. The zero-order valence-corrected chi connectivity index (χ0v) is 15.2. The molecule has 1 aliphatic rings. The van der Waals surface area contributed by atoms with Gasteiger partial charge in [0.05, 0.1) is 7.11 Å². The third kappa shape index (κ3) is 6.40. The van der Waals surface area contributed by atoms with Crippen molar-refractivity contribution in [2.45, 2.75) is 39.2 Å². The third-order valence-electron chi connectivity index (χ3n) is 4.38. The Balaban J connectivity index is 1.63. The number of piperidine rings is 1. The van der Waals surface area contributed by atoms with E-state index in [0.29, 0.717) is 18.5 Å². The van der Waals surface area contributed by atoms with Gasteiger partial charge in [0.2, 0.25) is 0 Å². The maximum atomic E-state index is 12.0. The van der Waals surface area contributed by atoms with Gasteiger partial charge in [0.15, 0.2) is 0 Å². The zero-order chi connectivity index (χ0) is 17.4. The number of hydrogen-bond donors (Lipinski definition) is 2. The molecule has 2 rings (SSSR count). The predicted octanol–water partition coefficient (Wildman–Crippen LogP) is 2.66. The van der Waals surface area contributed by atoms with Gasteiger partial charge in [-0.3, -0.25) is 0 Å². The van der Waals surface area contributed by atoms with Crippen molar-refractivity contribution >= 4 is 6.03 Å². The van der Waals surface area contributed by atoms with Crippen LogP contribution in [-0.2, 0) is 6.42 Å². The van der Waals surface area contributed by atoms with Crippen LogP contribution in [0.1, 0.15) is 32.3 Å². The Hall–Kier alpha value is -1.75. The molecule has 0 aliphatic carbocycles. The molecular formula is C19H31N3O2. The van der Waals surface area contributed by atoms with E-state index in [4.69, 9.17) is 4.74 Å². The number of rotatable bonds is 7. The van der Waals surface area contributed by atoms with Crippen molar-refractivity contribution in [3.63, 3.8) is 0 Å². The molecule has 5 nitrogen and oxygen atoms in total. The van der Waals surface area contributed by atoms with Crippen molar-refractivity contribution in [1.82, 2.24) is 15.5 Å². The van der Waals surface area contributed by atoms with Crippen molar-refractivity contribution < 1.29 is 9.53 Å². The first-order valence-corrected chi connectivity index (χ1v) is 8.96. The predicted molar refractivity (Wildman–Crippen MR) is 97.5 cm³/mol. The van der Waals surface area contributed by atoms with E-state index in [1.807, 2.05) is 24.3 Å². The summed E-state index contributed by atoms with van der Waals surface area (Å²) in [6.07, 6.45) is 2.88. The molecule has 1 aliphatic heterocycles. The Morgan fingerprint density at radius 2 is 2.08 bits per heavy atom. The number of amides is 2. The Kier molecular flexibility index (Phi) is 7.37. The first-order valence-electron chi connectivity index (χ1n) is 8.96. The van der Waals surface area contributed by atoms with Gasteiger partial charge in [0.1, 0.15) is 5.75 Å². The Morgan fingerprint density at radius 1 is 1.33 bits per heavy atom. The minimum absolute atomic E-state index is 0.0554. The average Bonchev–Trinajstić information content (AvgIpc) is 2.56. The summed E-state index contributed by atoms with van der Waals surface area (Å²) in [5.74, 6) is 1.56. The lowest BCUT2D eigenvalue weighted by molar-refractivity contribution is 0.178. The number of likely N-dealkylation sites (tertiary alicyclic amines) is 1. The highest BCUT2D eigenvalue weighted by Crippen LogP contribution is 2.13. The lowest BCUT2D eigenvalue weighted by Crippen LogP contribution is -2.48. The molecule has 2 N–H and O–H groups in total. The smallest absolute Gasteiger partial charge is 0.315 e. The highest BCUT2D eigenvalue weighted by atomic mass is 16.5. The fourth-order valence-electron chi connectivity index (χ4n) is 3.16. The minimum Gasteiger partial charge on any atom is -0.497 e. The molecular weight excluding hydrogens is 302 g/mol. The van der Waals surface area contributed by atoms with Crippen LogP contribution < -0.4 is 15.4 Å². The number of nitrogens with one attached hydrogen (secondary N) is 2. The fraction of sp³-hybridized carbons (Fsp3) is 0.632. The van der Waals surface area contributed by atoms with Gasteiger partial charge in [0.25, 0.3) is 0 Å². The summed E-state index contributed by atoms with van der Waals surface area (Å²) in [4.78, 5) is 14.5. The molecule has 5 heteroatoms. The molecule has 0 radical (unpaired) electrons. The van der Waals surface area contributed by atoms with Crippen molar-refractivity contribution in [3.8, 4) is 5.75 Å². The number of carbonyl (C=O) groups is 1. The van der Waals surface area contributed by atoms with Crippen LogP contribution in [0.3, 0.4) is 0 Å². The fourth-order valence-corrected chi connectivity index (χ4v) is 3.16. The minimum atomic E-state index is -0.0554. The molecule has 24 heavy (non-hydrogen) atoms. The van der Waals surface area contributed by atoms with Gasteiger partial charge in [0, 0.05) is 32.2 Å². The first-order chi connectivity index (χ1) is 11.6. The monoisotopic (exact) mass is 333 g/mol. The molecule has 1 heterocycles. The summed E-state index contributed by atoms with van der Waals surface area (Å²) < 4.78 is 5.21. The van der Waals surface area contributed by atoms with Gasteiger partial charge in [-0.25, -0.2) is 4.79 Å². The van der Waals surface area contributed by atoms with Crippen LogP contribution in [0.15, 0.2) is 24.3 Å². The Morgan fingerprint density at radius 3 is 2.75 bits per heavy atom. The van der Waals surface area contributed by atoms with E-state index in [1.54, 1.807) is 7.11 Å². The quantitative estimate of drug-likeness (QED) is 0.806. The van der Waals surface area contributed by atoms with Gasteiger partial charge in [-0.2, -0.15) is 0 Å². The number of urea groups is 1. The summed E-state index contributed by atoms with van der Waals surface area (Å²) in [5.41, 5.74) is 1.16. The van der Waals surface area contributed by atoms with Gasteiger partial charge in [-0.15, -0.1) is 0 Å². The number of hydrogen-bond acceptors (Lipinski definition) is 3. The number of benzene rings is 1. The standard InChI is InChI=1S/C19H31N3O2/c1-15(2)14-22-11-8-17(9-12-22)21-19(23)20-10-7-16-5-4-6-18(13-16)24-3/h4-6,13,15,17H,7-12,14H2,1-3H3,(H2,20,21,23). The maximum absolute atomic E-state index is 12.0. The van der Waals surface area contributed by atoms with E-state index in [1.165, 1.54) is 0 Å². The number of ether oxygens (including phenoxy) is 1. The van der Waals surface area contributed by atoms with E-state index in [9.17, 15) is 4.79 Å². The number of methoxy groups -OCH3 is 1. The van der Waals surface area contributed by atoms with Crippen molar-refractivity contribution in [1.29, 1.82) is 0 Å². The van der Waals surface area contributed by atoms with E-state index < -0.39 is 0 Å². The van der Waals surface area contributed by atoms with Crippen LogP contribution in [0.2, 0.25) is 0 Å². The number of carbonyl (C=O) groups excluding carboxylic acids is 1. The molecule has 0 bridgehead atoms. The molecule has 1 aromatic carbocycles. The SMILES string of the molecule is COc1cccc(CCNC(=O)NC2CCN(CC(C)C)CC2)c1. The zero-order valence-electron chi connectivity index (χ0n) is 15.2. The summed E-state index contributed by atoms with van der Waals surface area (Å²) in [7, 11) is 1.66. The lowest BCUT2D eigenvalue weighted by atomic mass is 10.0. The van der Waals surface area contributed by atoms with Crippen LogP contribution in [0, 0.1) is 5.92 Å². The second kappa shape index (κ2) is 9.52. The van der Waals surface area contributed by atoms with Crippen LogP contribution in [-0.4, -0.2) is 50.3 Å². The summed E-state index contributed by atoms with van der Waals surface area (Å²) in [5, 5.41) is 6.06. The molecule has 0 saturated carbocycles. The Labute approximate surface area is 145 Å². The molecule has 0 atom stereocenters. The second-order valence-corrected chi connectivity index (χ2v) is 6.97. The van der Waals surface area contributed by atoms with Crippen LogP contribution >= 0.6 is 0 Å². The van der Waals surface area contributed by atoms with Gasteiger partial charge in [-0.05, 0) is 42.9 Å². The van der Waals surface area contributed by atoms with Gasteiger partial charge < -0.3 is 20.3 Å². The second-order valence-electron chi connectivity index (χ2n) is 6.97. The summed E-state index contributed by atoms with van der Waals surface area (Å²) in [6, 6.07) is 8.19. The van der Waals surface area contributed by atoms with Crippen molar-refractivity contribution in [2.24, 2.45) is 5.92 Å². The molecule has 0 spiro atoms. The summed E-state index contributed by atoms with van der Waals surface area (Å²) in [6.45, 7) is 8.44. The molecule has 1 fully saturated rings.